The maximum absolute atomic E-state index is 13.3. The summed E-state index contributed by atoms with van der Waals surface area (Å²) in [5.74, 6) is 0.800. The summed E-state index contributed by atoms with van der Waals surface area (Å²) in [6.45, 7) is 7.25. The van der Waals surface area contributed by atoms with Gasteiger partial charge in [-0.15, -0.1) is 0 Å². The predicted octanol–water partition coefficient (Wildman–Crippen LogP) is 2.75. The Morgan fingerprint density at radius 2 is 1.91 bits per heavy atom. The van der Waals surface area contributed by atoms with E-state index in [-0.39, 0.29) is 30.9 Å². The molecule has 194 valence electrons. The molecule has 1 aromatic carbocycles. The molecule has 3 saturated heterocycles. The van der Waals surface area contributed by atoms with Crippen LogP contribution in [0.3, 0.4) is 0 Å². The average molecular weight is 508 g/mol. The summed E-state index contributed by atoms with van der Waals surface area (Å²) in [4.78, 5) is 32.3. The second kappa shape index (κ2) is 11.9. The lowest BCUT2D eigenvalue weighted by Gasteiger charge is -2.43. The van der Waals surface area contributed by atoms with E-state index >= 15 is 0 Å². The molecule has 3 aliphatic rings. The van der Waals surface area contributed by atoms with Crippen LogP contribution >= 0.6 is 11.6 Å². The lowest BCUT2D eigenvalue weighted by Crippen LogP contribution is -2.59. The van der Waals surface area contributed by atoms with Crippen LogP contribution in [-0.2, 0) is 19.1 Å². The van der Waals surface area contributed by atoms with Crippen molar-refractivity contribution in [2.45, 2.75) is 50.7 Å². The van der Waals surface area contributed by atoms with Gasteiger partial charge in [0.05, 0.1) is 25.7 Å². The van der Waals surface area contributed by atoms with Gasteiger partial charge in [0.1, 0.15) is 18.0 Å². The summed E-state index contributed by atoms with van der Waals surface area (Å²) in [7, 11) is 2.07. The van der Waals surface area contributed by atoms with Crippen LogP contribution in [0.25, 0.3) is 0 Å². The number of carbonyl (C=O) groups excluding carboxylic acids is 2. The molecule has 0 aromatic heterocycles. The Hall–Kier alpha value is -1.87. The molecule has 9 heteroatoms. The number of aryl methyl sites for hydroxylation is 1. The molecule has 8 nitrogen and oxygen atoms in total. The molecule has 3 heterocycles. The molecule has 0 bridgehead atoms. The van der Waals surface area contributed by atoms with E-state index < -0.39 is 5.60 Å². The van der Waals surface area contributed by atoms with Gasteiger partial charge in [0, 0.05) is 50.8 Å². The van der Waals surface area contributed by atoms with Gasteiger partial charge in [-0.1, -0.05) is 11.6 Å². The Labute approximate surface area is 213 Å². The van der Waals surface area contributed by atoms with Crippen molar-refractivity contribution in [3.63, 3.8) is 0 Å². The van der Waals surface area contributed by atoms with E-state index in [0.29, 0.717) is 50.0 Å². The maximum Gasteiger partial charge on any atom is 0.225 e. The molecule has 0 radical (unpaired) electrons. The normalized spacial score (nSPS) is 25.6. The summed E-state index contributed by atoms with van der Waals surface area (Å²) in [6.07, 6.45) is 3.64. The highest BCUT2D eigenvalue weighted by Crippen LogP contribution is 2.28. The predicted molar refractivity (Wildman–Crippen MR) is 134 cm³/mol. The van der Waals surface area contributed by atoms with Crippen LogP contribution in [0.2, 0.25) is 5.02 Å². The zero-order valence-corrected chi connectivity index (χ0v) is 21.7. The van der Waals surface area contributed by atoms with Crippen LogP contribution in [0.15, 0.2) is 18.2 Å². The molecule has 3 aliphatic heterocycles. The topological polar surface area (TPSA) is 71.6 Å². The Morgan fingerprint density at radius 3 is 2.63 bits per heavy atom. The van der Waals surface area contributed by atoms with Gasteiger partial charge in [-0.05, 0) is 57.0 Å². The van der Waals surface area contributed by atoms with Crippen LogP contribution in [-0.4, -0.2) is 104 Å². The highest BCUT2D eigenvalue weighted by Gasteiger charge is 2.42. The first-order valence-electron chi connectivity index (χ1n) is 12.7. The molecule has 0 unspecified atom stereocenters. The molecule has 2 atom stereocenters. The van der Waals surface area contributed by atoms with Gasteiger partial charge in [0.25, 0.3) is 0 Å². The largest absolute Gasteiger partial charge is 0.490 e. The SMILES string of the molecule is Cc1cc(OC[C@@]2(CC(=O)N3CCN(C)CC3)CN(C(=O)CC[C@@H]3CCCO3)CCO2)ccc1Cl. The van der Waals surface area contributed by atoms with Gasteiger partial charge in [-0.25, -0.2) is 0 Å². The second-order valence-electron chi connectivity index (χ2n) is 10.1. The van der Waals surface area contributed by atoms with E-state index in [4.69, 9.17) is 25.8 Å². The molecule has 1 aromatic rings. The number of ether oxygens (including phenoxy) is 3. The fraction of sp³-hybridized carbons (Fsp3) is 0.692. The number of rotatable bonds is 8. The third kappa shape index (κ3) is 7.09. The number of likely N-dealkylation sites (N-methyl/N-ethyl adjacent to an activating group) is 1. The summed E-state index contributed by atoms with van der Waals surface area (Å²) in [5, 5.41) is 0.675. The zero-order valence-electron chi connectivity index (χ0n) is 21.0. The Balaban J connectivity index is 1.44. The summed E-state index contributed by atoms with van der Waals surface area (Å²) in [5.41, 5.74) is 0.0216. The van der Waals surface area contributed by atoms with E-state index in [9.17, 15) is 9.59 Å². The summed E-state index contributed by atoms with van der Waals surface area (Å²) < 4.78 is 18.1. The van der Waals surface area contributed by atoms with Gasteiger partial charge in [-0.2, -0.15) is 0 Å². The molecule has 35 heavy (non-hydrogen) atoms. The van der Waals surface area contributed by atoms with Crippen molar-refractivity contribution < 1.29 is 23.8 Å². The Bertz CT molecular complexity index is 886. The van der Waals surface area contributed by atoms with Gasteiger partial charge in [0.2, 0.25) is 11.8 Å². The second-order valence-corrected chi connectivity index (χ2v) is 10.5. The van der Waals surface area contributed by atoms with Crippen molar-refractivity contribution >= 4 is 23.4 Å². The van der Waals surface area contributed by atoms with Crippen LogP contribution in [0.5, 0.6) is 5.75 Å². The van der Waals surface area contributed by atoms with Crippen LogP contribution in [0, 0.1) is 6.92 Å². The van der Waals surface area contributed by atoms with Crippen LogP contribution in [0.4, 0.5) is 0 Å². The van der Waals surface area contributed by atoms with Gasteiger partial charge < -0.3 is 28.9 Å². The first kappa shape index (κ1) is 26.2. The monoisotopic (exact) mass is 507 g/mol. The first-order chi connectivity index (χ1) is 16.8. The average Bonchev–Trinajstić information content (AvgIpc) is 3.38. The standard InChI is InChI=1S/C26H38ClN3O5/c1-20-16-22(5-7-23(20)27)34-19-26(17-25(32)29-11-9-28(2)10-12-29)18-30(13-15-35-26)24(31)8-6-21-4-3-14-33-21/h5,7,16,21H,3-4,6,8-15,17-19H2,1-2H3/t21-,26+/m0/s1. The van der Waals surface area contributed by atoms with Crippen molar-refractivity contribution in [2.24, 2.45) is 0 Å². The Morgan fingerprint density at radius 1 is 1.11 bits per heavy atom. The van der Waals surface area contributed by atoms with Crippen LogP contribution in [0.1, 0.15) is 37.7 Å². The minimum atomic E-state index is -0.897. The van der Waals surface area contributed by atoms with Crippen LogP contribution < -0.4 is 4.74 Å². The number of amides is 2. The smallest absolute Gasteiger partial charge is 0.225 e. The van der Waals surface area contributed by atoms with E-state index in [1.807, 2.05) is 28.9 Å². The minimum Gasteiger partial charge on any atom is -0.490 e. The van der Waals surface area contributed by atoms with E-state index in [1.54, 1.807) is 6.07 Å². The lowest BCUT2D eigenvalue weighted by atomic mass is 9.96. The van der Waals surface area contributed by atoms with E-state index in [1.165, 1.54) is 0 Å². The van der Waals surface area contributed by atoms with Crippen molar-refractivity contribution in [3.05, 3.63) is 28.8 Å². The first-order valence-corrected chi connectivity index (χ1v) is 13.1. The molecule has 0 N–H and O–H groups in total. The van der Waals surface area contributed by atoms with Crippen molar-refractivity contribution in [3.8, 4) is 5.75 Å². The molecule has 4 rings (SSSR count). The number of hydrogen-bond donors (Lipinski definition) is 0. The number of morpholine rings is 1. The molecule has 2 amide bonds. The van der Waals surface area contributed by atoms with Crippen molar-refractivity contribution in [2.75, 3.05) is 66.1 Å². The highest BCUT2D eigenvalue weighted by atomic mass is 35.5. The number of halogens is 1. The number of benzene rings is 1. The zero-order chi connectivity index (χ0) is 24.8. The maximum atomic E-state index is 13.3. The molecular formula is C26H38ClN3O5. The van der Waals surface area contributed by atoms with E-state index in [2.05, 4.69) is 11.9 Å². The molecule has 3 fully saturated rings. The summed E-state index contributed by atoms with van der Waals surface area (Å²) >= 11 is 6.17. The fourth-order valence-electron chi connectivity index (χ4n) is 4.98. The number of hydrogen-bond acceptors (Lipinski definition) is 6. The van der Waals surface area contributed by atoms with Gasteiger partial charge >= 0.3 is 0 Å². The third-order valence-electron chi connectivity index (χ3n) is 7.27. The highest BCUT2D eigenvalue weighted by molar-refractivity contribution is 6.31. The number of nitrogens with zero attached hydrogens (tertiary/aromatic N) is 3. The van der Waals surface area contributed by atoms with Gasteiger partial charge in [-0.3, -0.25) is 9.59 Å². The minimum absolute atomic E-state index is 0.0441. The fourth-order valence-corrected chi connectivity index (χ4v) is 5.10. The third-order valence-corrected chi connectivity index (χ3v) is 7.69. The van der Waals surface area contributed by atoms with E-state index in [0.717, 1.165) is 44.5 Å². The van der Waals surface area contributed by atoms with Gasteiger partial charge in [0.15, 0.2) is 0 Å². The number of piperazine rings is 1. The molecule has 0 spiro atoms. The quantitative estimate of drug-likeness (QED) is 0.539. The van der Waals surface area contributed by atoms with Crippen molar-refractivity contribution in [1.82, 2.24) is 14.7 Å². The lowest BCUT2D eigenvalue weighted by molar-refractivity contribution is -0.166. The Kier molecular flexibility index (Phi) is 8.92. The summed E-state index contributed by atoms with van der Waals surface area (Å²) in [6, 6.07) is 5.50. The number of carbonyl (C=O) groups is 2. The molecule has 0 saturated carbocycles. The molecular weight excluding hydrogens is 470 g/mol. The molecule has 0 aliphatic carbocycles. The van der Waals surface area contributed by atoms with Crippen molar-refractivity contribution in [1.29, 1.82) is 0 Å².